The Bertz CT molecular complexity index is 946. The lowest BCUT2D eigenvalue weighted by atomic mass is 10.1. The molecule has 27 heavy (non-hydrogen) atoms. The summed E-state index contributed by atoms with van der Waals surface area (Å²) in [6.45, 7) is 3.83. The number of aromatic amines is 1. The van der Waals surface area contributed by atoms with Gasteiger partial charge in [-0.15, -0.1) is 0 Å². The summed E-state index contributed by atoms with van der Waals surface area (Å²) in [6.07, 6.45) is 3.87. The molecule has 1 fully saturated rings. The number of nitrogens with zero attached hydrogens (tertiary/aromatic N) is 3. The summed E-state index contributed by atoms with van der Waals surface area (Å²) in [6, 6.07) is 10.9. The zero-order valence-corrected chi connectivity index (χ0v) is 15.1. The molecule has 1 aromatic carbocycles. The number of imidazole rings is 1. The lowest BCUT2D eigenvalue weighted by Crippen LogP contribution is -2.33. The van der Waals surface area contributed by atoms with E-state index in [1.54, 1.807) is 12.1 Å². The maximum Gasteiger partial charge on any atom is 0.250 e. The summed E-state index contributed by atoms with van der Waals surface area (Å²) in [5, 5.41) is 0. The highest BCUT2D eigenvalue weighted by Gasteiger charge is 2.14. The summed E-state index contributed by atoms with van der Waals surface area (Å²) >= 11 is 0. The first-order valence-corrected chi connectivity index (χ1v) is 9.32. The van der Waals surface area contributed by atoms with Gasteiger partial charge in [0.15, 0.2) is 5.82 Å². The number of likely N-dealkylation sites (tertiary alicyclic amines) is 1. The second kappa shape index (κ2) is 7.75. The van der Waals surface area contributed by atoms with Crippen LogP contribution in [0, 0.1) is 0 Å². The molecule has 140 valence electrons. The third-order valence-corrected chi connectivity index (χ3v) is 4.85. The molecule has 3 heterocycles. The maximum absolute atomic E-state index is 11.6. The molecule has 3 aromatic rings. The van der Waals surface area contributed by atoms with Gasteiger partial charge in [-0.3, -0.25) is 9.69 Å². The van der Waals surface area contributed by atoms with Crippen LogP contribution < -0.4 is 10.5 Å². The lowest BCUT2D eigenvalue weighted by Gasteiger charge is -2.26. The zero-order chi connectivity index (χ0) is 18.6. The van der Waals surface area contributed by atoms with Crippen molar-refractivity contribution in [2.75, 3.05) is 26.2 Å². The first-order chi connectivity index (χ1) is 13.2. The summed E-state index contributed by atoms with van der Waals surface area (Å²) in [7, 11) is 0. The first kappa shape index (κ1) is 17.5. The highest BCUT2D eigenvalue weighted by atomic mass is 16.5. The number of primary amides is 1. The molecule has 0 bridgehead atoms. The predicted molar refractivity (Wildman–Crippen MR) is 104 cm³/mol. The number of ether oxygens (including phenoxy) is 1. The van der Waals surface area contributed by atoms with Crippen molar-refractivity contribution in [2.24, 2.45) is 5.73 Å². The number of piperidine rings is 1. The van der Waals surface area contributed by atoms with Gasteiger partial charge < -0.3 is 15.5 Å². The van der Waals surface area contributed by atoms with Crippen molar-refractivity contribution in [3.05, 3.63) is 42.0 Å². The van der Waals surface area contributed by atoms with Crippen molar-refractivity contribution in [3.8, 4) is 17.4 Å². The van der Waals surface area contributed by atoms with Crippen LogP contribution in [-0.4, -0.2) is 52.0 Å². The number of para-hydroxylation sites is 1. The van der Waals surface area contributed by atoms with E-state index in [1.807, 2.05) is 24.3 Å². The fourth-order valence-electron chi connectivity index (χ4n) is 3.44. The number of pyridine rings is 1. The van der Waals surface area contributed by atoms with E-state index >= 15 is 0 Å². The zero-order valence-electron chi connectivity index (χ0n) is 15.1. The monoisotopic (exact) mass is 365 g/mol. The molecule has 0 aliphatic carbocycles. The highest BCUT2D eigenvalue weighted by Crippen LogP contribution is 2.23. The van der Waals surface area contributed by atoms with Crippen LogP contribution in [0.15, 0.2) is 36.4 Å². The van der Waals surface area contributed by atoms with Crippen LogP contribution in [0.3, 0.4) is 0 Å². The quantitative estimate of drug-likeness (QED) is 0.700. The second-order valence-corrected chi connectivity index (χ2v) is 6.76. The molecule has 2 aromatic heterocycles. The number of aromatic nitrogens is 3. The smallest absolute Gasteiger partial charge is 0.250 e. The highest BCUT2D eigenvalue weighted by molar-refractivity contribution is 6.04. The molecule has 0 unspecified atom stereocenters. The van der Waals surface area contributed by atoms with Gasteiger partial charge in [-0.05, 0) is 44.1 Å². The number of amides is 1. The molecule has 0 atom stereocenters. The minimum absolute atomic E-state index is 0.393. The third-order valence-electron chi connectivity index (χ3n) is 4.85. The Labute approximate surface area is 157 Å². The van der Waals surface area contributed by atoms with Crippen LogP contribution in [0.5, 0.6) is 5.88 Å². The Balaban J connectivity index is 1.49. The van der Waals surface area contributed by atoms with E-state index in [0.29, 0.717) is 35.1 Å². The van der Waals surface area contributed by atoms with E-state index in [-0.39, 0.29) is 0 Å². The molecule has 1 amide bonds. The first-order valence-electron chi connectivity index (χ1n) is 9.32. The number of fused-ring (bicyclic) bond motifs is 1. The van der Waals surface area contributed by atoms with Gasteiger partial charge in [0.1, 0.15) is 17.8 Å². The lowest BCUT2D eigenvalue weighted by molar-refractivity contribution is 0.100. The van der Waals surface area contributed by atoms with Crippen LogP contribution in [0.25, 0.3) is 22.6 Å². The molecule has 0 radical (unpaired) electrons. The summed E-state index contributed by atoms with van der Waals surface area (Å²) < 4.78 is 5.84. The summed E-state index contributed by atoms with van der Waals surface area (Å²) in [5.41, 5.74) is 7.80. The van der Waals surface area contributed by atoms with Gasteiger partial charge in [0.05, 0.1) is 11.1 Å². The number of hydrogen-bond donors (Lipinski definition) is 2. The molecular weight excluding hydrogens is 342 g/mol. The molecular formula is C20H23N5O2. The molecule has 7 heteroatoms. The number of hydrogen-bond acceptors (Lipinski definition) is 5. The number of carbonyl (C=O) groups excluding carboxylic acids is 1. The molecule has 1 aliphatic rings. The largest absolute Gasteiger partial charge is 0.476 e. The number of rotatable bonds is 6. The average Bonchev–Trinajstić information content (AvgIpc) is 3.13. The topological polar surface area (TPSA) is 97.1 Å². The van der Waals surface area contributed by atoms with Gasteiger partial charge in [-0.1, -0.05) is 18.6 Å². The van der Waals surface area contributed by atoms with Gasteiger partial charge >= 0.3 is 0 Å². The van der Waals surface area contributed by atoms with Crippen LogP contribution in [0.2, 0.25) is 0 Å². The van der Waals surface area contributed by atoms with E-state index in [2.05, 4.69) is 19.9 Å². The predicted octanol–water partition coefficient (Wildman–Crippen LogP) is 2.59. The normalized spacial score (nSPS) is 15.1. The third kappa shape index (κ3) is 3.93. The Kier molecular flexibility index (Phi) is 5.02. The van der Waals surface area contributed by atoms with Crippen molar-refractivity contribution in [1.29, 1.82) is 0 Å². The van der Waals surface area contributed by atoms with Gasteiger partial charge in [-0.2, -0.15) is 0 Å². The Morgan fingerprint density at radius 2 is 1.93 bits per heavy atom. The minimum atomic E-state index is -0.499. The van der Waals surface area contributed by atoms with E-state index in [1.165, 1.54) is 19.3 Å². The SMILES string of the molecule is NC(=O)c1cccc2[nH]c(-c3cccc(OCCN4CCCCC4)n3)nc12. The number of benzene rings is 1. The van der Waals surface area contributed by atoms with Crippen LogP contribution in [0.1, 0.15) is 29.6 Å². The summed E-state index contributed by atoms with van der Waals surface area (Å²) in [4.78, 5) is 26.3. The molecule has 7 nitrogen and oxygen atoms in total. The number of H-pyrrole nitrogens is 1. The molecule has 0 saturated carbocycles. The standard InChI is InChI=1S/C20H23N5O2/c21-19(26)14-6-4-7-15-18(14)24-20(23-15)16-8-5-9-17(22-16)27-13-12-25-10-2-1-3-11-25/h4-9H,1-3,10-13H2,(H2,21,26)(H,23,24). The van der Waals surface area contributed by atoms with Crippen LogP contribution >= 0.6 is 0 Å². The number of carbonyl (C=O) groups is 1. The number of nitrogens with one attached hydrogen (secondary N) is 1. The van der Waals surface area contributed by atoms with E-state index < -0.39 is 5.91 Å². The van der Waals surface area contributed by atoms with Crippen LogP contribution in [-0.2, 0) is 0 Å². The molecule has 1 aliphatic heterocycles. The van der Waals surface area contributed by atoms with Crippen molar-refractivity contribution in [1.82, 2.24) is 19.9 Å². The number of nitrogens with two attached hydrogens (primary N) is 1. The van der Waals surface area contributed by atoms with Crippen molar-refractivity contribution >= 4 is 16.9 Å². The summed E-state index contributed by atoms with van der Waals surface area (Å²) in [5.74, 6) is 0.654. The van der Waals surface area contributed by atoms with Gasteiger partial charge in [0.25, 0.3) is 5.91 Å². The van der Waals surface area contributed by atoms with E-state index in [0.717, 1.165) is 25.2 Å². The Hall–Kier alpha value is -2.93. The second-order valence-electron chi connectivity index (χ2n) is 6.76. The fourth-order valence-corrected chi connectivity index (χ4v) is 3.44. The molecule has 0 spiro atoms. The van der Waals surface area contributed by atoms with Crippen molar-refractivity contribution in [3.63, 3.8) is 0 Å². The van der Waals surface area contributed by atoms with E-state index in [4.69, 9.17) is 10.5 Å². The Morgan fingerprint density at radius 3 is 2.74 bits per heavy atom. The maximum atomic E-state index is 11.6. The van der Waals surface area contributed by atoms with E-state index in [9.17, 15) is 4.79 Å². The van der Waals surface area contributed by atoms with Crippen molar-refractivity contribution in [2.45, 2.75) is 19.3 Å². The van der Waals surface area contributed by atoms with Crippen molar-refractivity contribution < 1.29 is 9.53 Å². The fraction of sp³-hybridized carbons (Fsp3) is 0.350. The van der Waals surface area contributed by atoms with Crippen LogP contribution in [0.4, 0.5) is 0 Å². The minimum Gasteiger partial charge on any atom is -0.476 e. The Morgan fingerprint density at radius 1 is 1.11 bits per heavy atom. The molecule has 1 saturated heterocycles. The van der Waals surface area contributed by atoms with Gasteiger partial charge in [0, 0.05) is 12.6 Å². The van der Waals surface area contributed by atoms with Gasteiger partial charge in [0.2, 0.25) is 5.88 Å². The molecule has 3 N–H and O–H groups in total. The molecule has 4 rings (SSSR count). The average molecular weight is 365 g/mol. The van der Waals surface area contributed by atoms with Gasteiger partial charge in [-0.25, -0.2) is 9.97 Å².